The van der Waals surface area contributed by atoms with Crippen LogP contribution < -0.4 is 9.44 Å². The van der Waals surface area contributed by atoms with Crippen molar-refractivity contribution in [2.45, 2.75) is 49.8 Å². The topological polar surface area (TPSA) is 92.3 Å². The standard InChI is InChI=1S/C16H26N2O4S2/c1-2-23(19,20)17-12-13-18-24(21,22)16-10-8-15(9-11-16)14-6-4-3-5-7-14/h8-11,14,17-18H,2-7,12-13H2,1H3. The highest BCUT2D eigenvalue weighted by Crippen LogP contribution is 2.32. The van der Waals surface area contributed by atoms with E-state index < -0.39 is 20.0 Å². The van der Waals surface area contributed by atoms with E-state index in [9.17, 15) is 16.8 Å². The van der Waals surface area contributed by atoms with E-state index in [0.29, 0.717) is 5.92 Å². The monoisotopic (exact) mass is 374 g/mol. The Hall–Kier alpha value is -0.960. The van der Waals surface area contributed by atoms with Gasteiger partial charge in [-0.05, 0) is 43.4 Å². The van der Waals surface area contributed by atoms with Crippen LogP contribution in [0.1, 0.15) is 50.5 Å². The van der Waals surface area contributed by atoms with Crippen molar-refractivity contribution in [1.29, 1.82) is 0 Å². The molecular weight excluding hydrogens is 348 g/mol. The van der Waals surface area contributed by atoms with Gasteiger partial charge in [0.1, 0.15) is 0 Å². The summed E-state index contributed by atoms with van der Waals surface area (Å²) in [5.74, 6) is 0.509. The van der Waals surface area contributed by atoms with Crippen LogP contribution in [-0.2, 0) is 20.0 Å². The van der Waals surface area contributed by atoms with Gasteiger partial charge in [-0.3, -0.25) is 0 Å². The number of nitrogens with one attached hydrogen (secondary N) is 2. The Morgan fingerprint density at radius 1 is 0.917 bits per heavy atom. The molecule has 24 heavy (non-hydrogen) atoms. The summed E-state index contributed by atoms with van der Waals surface area (Å²) in [6.07, 6.45) is 6.10. The fourth-order valence-electron chi connectivity index (χ4n) is 2.93. The van der Waals surface area contributed by atoms with E-state index in [1.165, 1.54) is 44.6 Å². The summed E-state index contributed by atoms with van der Waals surface area (Å²) in [7, 11) is -6.92. The van der Waals surface area contributed by atoms with Gasteiger partial charge in [0.2, 0.25) is 20.0 Å². The highest BCUT2D eigenvalue weighted by atomic mass is 32.2. The van der Waals surface area contributed by atoms with E-state index >= 15 is 0 Å². The molecule has 136 valence electrons. The van der Waals surface area contributed by atoms with E-state index in [1.54, 1.807) is 12.1 Å². The molecule has 1 aromatic rings. The van der Waals surface area contributed by atoms with E-state index in [4.69, 9.17) is 0 Å². The highest BCUT2D eigenvalue weighted by molar-refractivity contribution is 7.89. The molecule has 1 fully saturated rings. The lowest BCUT2D eigenvalue weighted by Gasteiger charge is -2.22. The maximum absolute atomic E-state index is 12.2. The second-order valence-corrected chi connectivity index (χ2v) is 9.96. The van der Waals surface area contributed by atoms with E-state index in [2.05, 4.69) is 9.44 Å². The summed E-state index contributed by atoms with van der Waals surface area (Å²) in [6, 6.07) is 7.04. The fourth-order valence-corrected chi connectivity index (χ4v) is 4.58. The molecule has 0 aliphatic heterocycles. The average Bonchev–Trinajstić information content (AvgIpc) is 2.60. The van der Waals surface area contributed by atoms with Crippen molar-refractivity contribution >= 4 is 20.0 Å². The van der Waals surface area contributed by atoms with Gasteiger partial charge in [0.05, 0.1) is 10.6 Å². The third-order valence-electron chi connectivity index (χ3n) is 4.39. The Morgan fingerprint density at radius 3 is 2.08 bits per heavy atom. The smallest absolute Gasteiger partial charge is 0.214 e. The molecule has 0 unspecified atom stereocenters. The quantitative estimate of drug-likeness (QED) is 0.680. The molecule has 0 amide bonds. The molecule has 1 aliphatic carbocycles. The maximum Gasteiger partial charge on any atom is 0.240 e. The third-order valence-corrected chi connectivity index (χ3v) is 7.27. The molecule has 8 heteroatoms. The number of hydrogen-bond donors (Lipinski definition) is 2. The summed E-state index contributed by atoms with van der Waals surface area (Å²) >= 11 is 0. The van der Waals surface area contributed by atoms with Gasteiger partial charge >= 0.3 is 0 Å². The Bertz CT molecular complexity index is 722. The largest absolute Gasteiger partial charge is 0.240 e. The summed E-state index contributed by atoms with van der Waals surface area (Å²) in [6.45, 7) is 1.59. The predicted octanol–water partition coefficient (Wildman–Crippen LogP) is 1.95. The van der Waals surface area contributed by atoms with Gasteiger partial charge in [0.15, 0.2) is 0 Å². The first-order valence-electron chi connectivity index (χ1n) is 8.41. The number of benzene rings is 1. The van der Waals surface area contributed by atoms with Gasteiger partial charge in [-0.15, -0.1) is 0 Å². The van der Waals surface area contributed by atoms with Crippen LogP contribution in [-0.4, -0.2) is 35.7 Å². The molecule has 0 heterocycles. The predicted molar refractivity (Wildman–Crippen MR) is 94.9 cm³/mol. The lowest BCUT2D eigenvalue weighted by atomic mass is 9.84. The van der Waals surface area contributed by atoms with Crippen LogP contribution >= 0.6 is 0 Å². The summed E-state index contributed by atoms with van der Waals surface area (Å²) in [5, 5.41) is 0. The van der Waals surface area contributed by atoms with Crippen molar-refractivity contribution in [2.75, 3.05) is 18.8 Å². The zero-order valence-electron chi connectivity index (χ0n) is 14.0. The minimum atomic E-state index is -3.62. The number of sulfonamides is 2. The van der Waals surface area contributed by atoms with Gasteiger partial charge in [-0.2, -0.15) is 0 Å². The first-order valence-corrected chi connectivity index (χ1v) is 11.5. The highest BCUT2D eigenvalue weighted by Gasteiger charge is 2.18. The zero-order chi connectivity index (χ0) is 17.6. The Kier molecular flexibility index (Phi) is 6.79. The first-order chi connectivity index (χ1) is 11.3. The van der Waals surface area contributed by atoms with Gasteiger partial charge in [-0.25, -0.2) is 26.3 Å². The third kappa shape index (κ3) is 5.54. The Morgan fingerprint density at radius 2 is 1.50 bits per heavy atom. The molecule has 2 N–H and O–H groups in total. The first kappa shape index (κ1) is 19.4. The molecular formula is C16H26N2O4S2. The van der Waals surface area contributed by atoms with E-state index in [-0.39, 0.29) is 23.7 Å². The van der Waals surface area contributed by atoms with Crippen molar-refractivity contribution in [3.63, 3.8) is 0 Å². The molecule has 0 atom stereocenters. The van der Waals surface area contributed by atoms with Crippen LogP contribution in [0.3, 0.4) is 0 Å². The van der Waals surface area contributed by atoms with Gasteiger partial charge in [0, 0.05) is 13.1 Å². The van der Waals surface area contributed by atoms with Crippen molar-refractivity contribution < 1.29 is 16.8 Å². The number of hydrogen-bond acceptors (Lipinski definition) is 4. The molecule has 6 nitrogen and oxygen atoms in total. The number of rotatable bonds is 8. The van der Waals surface area contributed by atoms with Crippen molar-refractivity contribution in [3.8, 4) is 0 Å². The second kappa shape index (κ2) is 8.42. The van der Waals surface area contributed by atoms with Crippen LogP contribution in [0.15, 0.2) is 29.2 Å². The molecule has 0 spiro atoms. The lowest BCUT2D eigenvalue weighted by Crippen LogP contribution is -2.35. The normalized spacial score (nSPS) is 17.0. The van der Waals surface area contributed by atoms with Crippen molar-refractivity contribution in [3.05, 3.63) is 29.8 Å². The Balaban J connectivity index is 1.91. The van der Waals surface area contributed by atoms with E-state index in [0.717, 1.165) is 0 Å². The van der Waals surface area contributed by atoms with Gasteiger partial charge in [-0.1, -0.05) is 31.4 Å². The lowest BCUT2D eigenvalue weighted by molar-refractivity contribution is 0.443. The van der Waals surface area contributed by atoms with E-state index in [1.807, 2.05) is 12.1 Å². The minimum Gasteiger partial charge on any atom is -0.214 e. The average molecular weight is 375 g/mol. The zero-order valence-corrected chi connectivity index (χ0v) is 15.6. The molecule has 0 aromatic heterocycles. The molecule has 1 aromatic carbocycles. The summed E-state index contributed by atoms with van der Waals surface area (Å²) in [5.41, 5.74) is 1.20. The van der Waals surface area contributed by atoms with Crippen LogP contribution in [0.5, 0.6) is 0 Å². The van der Waals surface area contributed by atoms with Crippen LogP contribution in [0.25, 0.3) is 0 Å². The molecule has 0 bridgehead atoms. The van der Waals surface area contributed by atoms with Crippen molar-refractivity contribution in [1.82, 2.24) is 9.44 Å². The van der Waals surface area contributed by atoms with Gasteiger partial charge in [0.25, 0.3) is 0 Å². The Labute approximate surface area is 145 Å². The fraction of sp³-hybridized carbons (Fsp3) is 0.625. The van der Waals surface area contributed by atoms with Crippen LogP contribution in [0.4, 0.5) is 0 Å². The second-order valence-electron chi connectivity index (χ2n) is 6.10. The molecule has 1 aliphatic rings. The maximum atomic E-state index is 12.2. The van der Waals surface area contributed by atoms with Gasteiger partial charge < -0.3 is 0 Å². The summed E-state index contributed by atoms with van der Waals surface area (Å²) in [4.78, 5) is 0.209. The molecule has 0 saturated heterocycles. The molecule has 0 radical (unpaired) electrons. The minimum absolute atomic E-state index is 0.0198. The molecule has 2 rings (SSSR count). The van der Waals surface area contributed by atoms with Crippen molar-refractivity contribution in [2.24, 2.45) is 0 Å². The summed E-state index contributed by atoms with van der Waals surface area (Å²) < 4.78 is 51.8. The molecule has 1 saturated carbocycles. The van der Waals surface area contributed by atoms with Crippen LogP contribution in [0.2, 0.25) is 0 Å². The SMILES string of the molecule is CCS(=O)(=O)NCCNS(=O)(=O)c1ccc(C2CCCCC2)cc1. The van der Waals surface area contributed by atoms with Crippen LogP contribution in [0, 0.1) is 0 Å².